The highest BCUT2D eigenvalue weighted by Gasteiger charge is 2.24. The van der Waals surface area contributed by atoms with E-state index in [9.17, 15) is 4.79 Å². The first kappa shape index (κ1) is 22.3. The predicted molar refractivity (Wildman–Crippen MR) is 129 cm³/mol. The van der Waals surface area contributed by atoms with Gasteiger partial charge in [0, 0.05) is 55.0 Å². The van der Waals surface area contributed by atoms with Crippen LogP contribution in [-0.2, 0) is 13.1 Å². The first-order valence-electron chi connectivity index (χ1n) is 10.4. The molecule has 0 spiro atoms. The van der Waals surface area contributed by atoms with Gasteiger partial charge in [-0.15, -0.1) is 0 Å². The Kier molecular flexibility index (Phi) is 6.68. The second kappa shape index (κ2) is 9.29. The summed E-state index contributed by atoms with van der Waals surface area (Å²) in [5.41, 5.74) is 3.81. The number of hydrogen-bond acceptors (Lipinski definition) is 3. The average molecular weight is 480 g/mol. The van der Waals surface area contributed by atoms with Gasteiger partial charge in [-0.05, 0) is 55.8 Å². The van der Waals surface area contributed by atoms with Gasteiger partial charge in [-0.1, -0.05) is 40.9 Å². The lowest BCUT2D eigenvalue weighted by Gasteiger charge is -2.37. The third kappa shape index (κ3) is 4.51. The van der Waals surface area contributed by atoms with Crippen LogP contribution in [0.5, 0.6) is 0 Å². The molecule has 164 valence electrons. The maximum Gasteiger partial charge on any atom is 0.290 e. The van der Waals surface area contributed by atoms with Crippen molar-refractivity contribution in [1.29, 1.82) is 0 Å². The highest BCUT2D eigenvalue weighted by Crippen LogP contribution is 2.26. The van der Waals surface area contributed by atoms with E-state index in [4.69, 9.17) is 34.8 Å². The molecule has 0 saturated carbocycles. The van der Waals surface area contributed by atoms with E-state index in [0.29, 0.717) is 18.1 Å². The maximum atomic E-state index is 12.9. The fraction of sp³-hybridized carbons (Fsp3) is 0.348. The van der Waals surface area contributed by atoms with Crippen molar-refractivity contribution in [3.05, 3.63) is 79.1 Å². The van der Waals surface area contributed by atoms with Crippen LogP contribution in [0.15, 0.2) is 47.3 Å². The first-order chi connectivity index (χ1) is 14.9. The number of aryl methyl sites for hydroxylation is 1. The smallest absolute Gasteiger partial charge is 0.290 e. The second-order valence-corrected chi connectivity index (χ2v) is 9.01. The van der Waals surface area contributed by atoms with Crippen LogP contribution in [0.25, 0.3) is 5.69 Å². The number of piperazine rings is 1. The normalized spacial score (nSPS) is 14.9. The van der Waals surface area contributed by atoms with Crippen molar-refractivity contribution in [2.45, 2.75) is 26.9 Å². The largest absolute Gasteiger partial charge is 0.369 e. The number of halogens is 3. The quantitative estimate of drug-likeness (QED) is 0.501. The van der Waals surface area contributed by atoms with E-state index in [2.05, 4.69) is 22.8 Å². The molecule has 1 fully saturated rings. The Labute approximate surface area is 197 Å². The summed E-state index contributed by atoms with van der Waals surface area (Å²) in [5, 5.41) is 1.67. The molecule has 0 bridgehead atoms. The third-order valence-corrected chi connectivity index (χ3v) is 6.68. The van der Waals surface area contributed by atoms with Gasteiger partial charge in [-0.25, -0.2) is 4.68 Å². The van der Waals surface area contributed by atoms with E-state index in [-0.39, 0.29) is 10.6 Å². The van der Waals surface area contributed by atoms with Gasteiger partial charge in [0.2, 0.25) is 0 Å². The van der Waals surface area contributed by atoms with E-state index < -0.39 is 0 Å². The molecule has 0 radical (unpaired) electrons. The minimum Gasteiger partial charge on any atom is -0.369 e. The van der Waals surface area contributed by atoms with Crippen molar-refractivity contribution in [3.63, 3.8) is 0 Å². The van der Waals surface area contributed by atoms with Gasteiger partial charge < -0.3 is 4.90 Å². The summed E-state index contributed by atoms with van der Waals surface area (Å²) in [7, 11) is 0. The van der Waals surface area contributed by atoms with Crippen molar-refractivity contribution in [2.75, 3.05) is 31.1 Å². The van der Waals surface area contributed by atoms with E-state index in [1.807, 2.05) is 35.9 Å². The van der Waals surface area contributed by atoms with Crippen molar-refractivity contribution in [2.24, 2.45) is 0 Å². The first-order valence-corrected chi connectivity index (χ1v) is 11.5. The second-order valence-electron chi connectivity index (χ2n) is 7.76. The topological polar surface area (TPSA) is 33.4 Å². The van der Waals surface area contributed by atoms with Gasteiger partial charge in [0.05, 0.1) is 11.4 Å². The van der Waals surface area contributed by atoms with Gasteiger partial charge in [0.15, 0.2) is 0 Å². The SMILES string of the molecule is CCn1c(CN2CCN(c3cc(Cl)ccc3C)CC2)c(Cl)c(=O)n1-c1ccc(Cl)cc1. The van der Waals surface area contributed by atoms with E-state index in [0.717, 1.165) is 42.6 Å². The molecule has 0 N–H and O–H groups in total. The standard InChI is InChI=1S/C23H25Cl3N4O/c1-3-29-21(22(26)23(31)30(29)19-8-6-17(24)7-9-19)15-27-10-12-28(13-11-27)20-14-18(25)5-4-16(20)2/h4-9,14H,3,10-13,15H2,1-2H3. The number of benzene rings is 2. The fourth-order valence-corrected chi connectivity index (χ4v) is 4.69. The molecule has 4 rings (SSSR count). The zero-order chi connectivity index (χ0) is 22.1. The van der Waals surface area contributed by atoms with E-state index >= 15 is 0 Å². The number of hydrogen-bond donors (Lipinski definition) is 0. The van der Waals surface area contributed by atoms with Crippen LogP contribution >= 0.6 is 34.8 Å². The van der Waals surface area contributed by atoms with Gasteiger partial charge in [-0.3, -0.25) is 14.4 Å². The molecule has 31 heavy (non-hydrogen) atoms. The van der Waals surface area contributed by atoms with Crippen LogP contribution in [0, 0.1) is 6.92 Å². The molecule has 5 nitrogen and oxygen atoms in total. The van der Waals surface area contributed by atoms with Gasteiger partial charge in [0.1, 0.15) is 5.02 Å². The monoisotopic (exact) mass is 478 g/mol. The summed E-state index contributed by atoms with van der Waals surface area (Å²) >= 11 is 18.7. The molecule has 0 atom stereocenters. The molecular formula is C23H25Cl3N4O. The molecular weight excluding hydrogens is 455 g/mol. The third-order valence-electron chi connectivity index (χ3n) is 5.81. The summed E-state index contributed by atoms with van der Waals surface area (Å²) < 4.78 is 3.60. The van der Waals surface area contributed by atoms with Crippen molar-refractivity contribution in [3.8, 4) is 5.69 Å². The van der Waals surface area contributed by atoms with E-state index in [1.165, 1.54) is 11.3 Å². The molecule has 0 amide bonds. The minimum absolute atomic E-state index is 0.200. The fourth-order valence-electron chi connectivity index (χ4n) is 4.16. The molecule has 1 saturated heterocycles. The lowest BCUT2D eigenvalue weighted by Crippen LogP contribution is -2.46. The lowest BCUT2D eigenvalue weighted by molar-refractivity contribution is 0.241. The van der Waals surface area contributed by atoms with Crippen LogP contribution < -0.4 is 10.5 Å². The Morgan fingerprint density at radius 2 is 1.55 bits per heavy atom. The summed E-state index contributed by atoms with van der Waals surface area (Å²) in [4.78, 5) is 17.6. The lowest BCUT2D eigenvalue weighted by atomic mass is 10.1. The Morgan fingerprint density at radius 1 is 0.903 bits per heavy atom. The molecule has 1 aromatic heterocycles. The van der Waals surface area contributed by atoms with Crippen molar-refractivity contribution in [1.82, 2.24) is 14.3 Å². The zero-order valence-electron chi connectivity index (χ0n) is 17.6. The number of rotatable bonds is 5. The van der Waals surface area contributed by atoms with Gasteiger partial charge >= 0.3 is 0 Å². The summed E-state index contributed by atoms with van der Waals surface area (Å²) in [6.07, 6.45) is 0. The molecule has 0 unspecified atom stereocenters. The minimum atomic E-state index is -0.200. The van der Waals surface area contributed by atoms with Crippen LogP contribution in [0.2, 0.25) is 15.1 Å². The van der Waals surface area contributed by atoms with Crippen LogP contribution in [0.1, 0.15) is 18.2 Å². The van der Waals surface area contributed by atoms with Crippen LogP contribution in [-0.4, -0.2) is 40.4 Å². The highest BCUT2D eigenvalue weighted by atomic mass is 35.5. The zero-order valence-corrected chi connectivity index (χ0v) is 19.9. The highest BCUT2D eigenvalue weighted by molar-refractivity contribution is 6.31. The summed E-state index contributed by atoms with van der Waals surface area (Å²) in [5.74, 6) is 0. The summed E-state index contributed by atoms with van der Waals surface area (Å²) in [6, 6.07) is 13.2. The van der Waals surface area contributed by atoms with Gasteiger partial charge in [-0.2, -0.15) is 0 Å². The molecule has 8 heteroatoms. The maximum absolute atomic E-state index is 12.9. The molecule has 1 aliphatic rings. The van der Waals surface area contributed by atoms with Gasteiger partial charge in [0.25, 0.3) is 5.56 Å². The molecule has 1 aliphatic heterocycles. The van der Waals surface area contributed by atoms with Crippen molar-refractivity contribution < 1.29 is 0 Å². The Morgan fingerprint density at radius 3 is 2.19 bits per heavy atom. The Hall–Kier alpha value is -1.92. The molecule has 2 heterocycles. The van der Waals surface area contributed by atoms with Crippen LogP contribution in [0.4, 0.5) is 5.69 Å². The summed E-state index contributed by atoms with van der Waals surface area (Å²) in [6.45, 7) is 8.95. The Bertz CT molecular complexity index is 1130. The number of aromatic nitrogens is 2. The number of anilines is 1. The van der Waals surface area contributed by atoms with Crippen LogP contribution in [0.3, 0.4) is 0 Å². The van der Waals surface area contributed by atoms with Crippen molar-refractivity contribution >= 4 is 40.5 Å². The predicted octanol–water partition coefficient (Wildman–Crippen LogP) is 5.25. The molecule has 2 aromatic carbocycles. The number of nitrogens with zero attached hydrogens (tertiary/aromatic N) is 4. The Balaban J connectivity index is 1.54. The average Bonchev–Trinajstić information content (AvgIpc) is 3.01. The molecule has 3 aromatic rings. The molecule has 0 aliphatic carbocycles. The van der Waals surface area contributed by atoms with E-state index in [1.54, 1.807) is 16.8 Å².